The SMILES string of the molecule is CC(C)(C)C(/C=C(\[N-][Si](C)(C)C)c1cccnc1)=[NH+]\[Si](C)(C)C.[Li+]. The van der Waals surface area contributed by atoms with Crippen molar-refractivity contribution in [1.29, 1.82) is 0 Å². The van der Waals surface area contributed by atoms with Crippen molar-refractivity contribution in [3.63, 3.8) is 0 Å². The van der Waals surface area contributed by atoms with Crippen molar-refractivity contribution < 1.29 is 23.5 Å². The summed E-state index contributed by atoms with van der Waals surface area (Å²) in [5, 5.41) is 0. The van der Waals surface area contributed by atoms with Crippen LogP contribution in [0.3, 0.4) is 0 Å². The first-order valence-electron chi connectivity index (χ1n) is 8.28. The van der Waals surface area contributed by atoms with Gasteiger partial charge in [0.15, 0.2) is 5.71 Å². The van der Waals surface area contributed by atoms with Gasteiger partial charge in [-0.25, -0.2) is 0 Å². The van der Waals surface area contributed by atoms with Gasteiger partial charge < -0.3 is 9.64 Å². The minimum atomic E-state index is -1.59. The fourth-order valence-corrected chi connectivity index (χ4v) is 4.21. The quantitative estimate of drug-likeness (QED) is 0.623. The molecule has 0 saturated carbocycles. The Balaban J connectivity index is 0.00000529. The summed E-state index contributed by atoms with van der Waals surface area (Å²) in [6.45, 7) is 20.5. The van der Waals surface area contributed by atoms with Crippen molar-refractivity contribution in [2.75, 3.05) is 0 Å². The van der Waals surface area contributed by atoms with Gasteiger partial charge in [-0.2, -0.15) is 0 Å². The normalized spacial score (nSPS) is 14.2. The van der Waals surface area contributed by atoms with Gasteiger partial charge in [-0.15, -0.1) is 5.70 Å². The summed E-state index contributed by atoms with van der Waals surface area (Å²) in [4.78, 5) is 9.35. The molecule has 0 saturated heterocycles. The Morgan fingerprint density at radius 2 is 1.71 bits per heavy atom. The molecule has 0 atom stereocenters. The van der Waals surface area contributed by atoms with Gasteiger partial charge in [0.2, 0.25) is 0 Å². The van der Waals surface area contributed by atoms with Crippen LogP contribution in [-0.2, 0) is 0 Å². The Kier molecular flexibility index (Phi) is 8.44. The van der Waals surface area contributed by atoms with Gasteiger partial charge in [-0.3, -0.25) is 4.98 Å². The van der Waals surface area contributed by atoms with E-state index in [9.17, 15) is 0 Å². The van der Waals surface area contributed by atoms with E-state index in [4.69, 9.17) is 4.98 Å². The van der Waals surface area contributed by atoms with E-state index in [1.807, 2.05) is 18.5 Å². The molecule has 0 amide bonds. The van der Waals surface area contributed by atoms with Crippen LogP contribution in [0, 0.1) is 5.41 Å². The third-order valence-electron chi connectivity index (χ3n) is 3.01. The number of aromatic nitrogens is 1. The Bertz CT molecular complexity index is 577. The van der Waals surface area contributed by atoms with Gasteiger partial charge in [0.05, 0.1) is 0 Å². The van der Waals surface area contributed by atoms with E-state index < -0.39 is 16.5 Å². The van der Waals surface area contributed by atoms with Crippen LogP contribution in [0.15, 0.2) is 30.6 Å². The molecule has 1 aromatic heterocycles. The summed E-state index contributed by atoms with van der Waals surface area (Å²) < 4.78 is 3.80. The maximum Gasteiger partial charge on any atom is 1.00 e. The van der Waals surface area contributed by atoms with Gasteiger partial charge >= 0.3 is 27.1 Å². The third kappa shape index (κ3) is 9.03. The number of hydrogen-bond acceptors (Lipinski definition) is 1. The van der Waals surface area contributed by atoms with Gasteiger partial charge in [-0.05, 0) is 45.6 Å². The first kappa shape index (κ1) is 23.4. The largest absolute Gasteiger partial charge is 1.00 e. The van der Waals surface area contributed by atoms with Gasteiger partial charge in [0.25, 0.3) is 0 Å². The topological polar surface area (TPSA) is 41.0 Å². The van der Waals surface area contributed by atoms with Crippen LogP contribution < -0.4 is 23.5 Å². The molecule has 1 aromatic rings. The molecular weight excluding hydrogens is 321 g/mol. The zero-order valence-electron chi connectivity index (χ0n) is 17.3. The number of nitrogens with zero attached hydrogens (tertiary/aromatic N) is 2. The maximum atomic E-state index is 5.08. The molecule has 1 heterocycles. The Morgan fingerprint density at radius 3 is 2.08 bits per heavy atom. The van der Waals surface area contributed by atoms with E-state index in [1.165, 1.54) is 5.71 Å². The van der Waals surface area contributed by atoms with Gasteiger partial charge in [0, 0.05) is 17.8 Å². The molecule has 24 heavy (non-hydrogen) atoms. The monoisotopic (exact) mass is 354 g/mol. The smallest absolute Gasteiger partial charge is 0.687 e. The van der Waals surface area contributed by atoms with Crippen molar-refractivity contribution in [3.05, 3.63) is 41.1 Å². The zero-order valence-corrected chi connectivity index (χ0v) is 19.3. The Morgan fingerprint density at radius 1 is 1.12 bits per heavy atom. The van der Waals surface area contributed by atoms with Crippen LogP contribution in [0.25, 0.3) is 10.7 Å². The predicted octanol–water partition coefficient (Wildman–Crippen LogP) is 1.04. The first-order chi connectivity index (χ1) is 10.3. The minimum absolute atomic E-state index is 0. The second-order valence-electron chi connectivity index (χ2n) is 9.09. The van der Waals surface area contributed by atoms with Crippen LogP contribution in [-0.4, -0.2) is 27.2 Å². The number of hydrogen-bond donors (Lipinski definition) is 1. The summed E-state index contributed by atoms with van der Waals surface area (Å²) in [5.74, 6) is 0. The first-order valence-corrected chi connectivity index (χ1v) is 15.2. The summed E-state index contributed by atoms with van der Waals surface area (Å²) >= 11 is 0. The molecule has 6 heteroatoms. The summed E-state index contributed by atoms with van der Waals surface area (Å²) in [6, 6.07) is 4.07. The van der Waals surface area contributed by atoms with Crippen molar-refractivity contribution >= 4 is 27.9 Å². The van der Waals surface area contributed by atoms with Crippen LogP contribution in [0.4, 0.5) is 0 Å². The predicted molar refractivity (Wildman–Crippen MR) is 108 cm³/mol. The van der Waals surface area contributed by atoms with Crippen molar-refractivity contribution in [2.24, 2.45) is 5.41 Å². The van der Waals surface area contributed by atoms with E-state index in [1.54, 1.807) is 0 Å². The Labute approximate surface area is 162 Å². The average Bonchev–Trinajstić information content (AvgIpc) is 2.34. The average molecular weight is 355 g/mol. The maximum absolute atomic E-state index is 5.08. The summed E-state index contributed by atoms with van der Waals surface area (Å²) in [6.07, 6.45) is 5.96. The standard InChI is InChI=1S/C18H32N3Si2.Li/c1-18(2,3)17(21-23(7,8)9)13-16(20-22(4,5)6)15-11-10-12-19-14-15;/h10-14H,1-9H3;/q-1;+1/p+1/b16-13-,21-17-;. The fourth-order valence-electron chi connectivity index (χ4n) is 2.04. The van der Waals surface area contributed by atoms with E-state index in [-0.39, 0.29) is 24.3 Å². The molecular formula is C18H33LiN3Si2+. The molecule has 1 rings (SSSR count). The molecule has 0 radical (unpaired) electrons. The van der Waals surface area contributed by atoms with Gasteiger partial charge in [0.1, 0.15) is 0 Å². The number of pyridine rings is 1. The molecule has 0 aliphatic rings. The molecule has 128 valence electrons. The Hall–Kier alpha value is -0.609. The van der Waals surface area contributed by atoms with Crippen molar-refractivity contribution in [1.82, 2.24) is 4.98 Å². The second-order valence-corrected chi connectivity index (χ2v) is 18.4. The van der Waals surface area contributed by atoms with Crippen LogP contribution in [0.2, 0.25) is 39.3 Å². The molecule has 0 aliphatic carbocycles. The molecule has 1 N–H and O–H groups in total. The molecule has 0 spiro atoms. The molecule has 0 aliphatic heterocycles. The third-order valence-corrected chi connectivity index (χ3v) is 4.94. The van der Waals surface area contributed by atoms with E-state index in [2.05, 4.69) is 81.8 Å². The summed E-state index contributed by atoms with van der Waals surface area (Å²) in [7, 11) is -3.02. The zero-order chi connectivity index (χ0) is 17.9. The van der Waals surface area contributed by atoms with E-state index in [0.29, 0.717) is 0 Å². The van der Waals surface area contributed by atoms with Crippen LogP contribution in [0.1, 0.15) is 26.3 Å². The summed E-state index contributed by atoms with van der Waals surface area (Å²) in [5.41, 5.74) is 3.46. The van der Waals surface area contributed by atoms with Crippen molar-refractivity contribution in [2.45, 2.75) is 60.1 Å². The van der Waals surface area contributed by atoms with Crippen LogP contribution >= 0.6 is 0 Å². The number of rotatable bonds is 5. The molecule has 3 nitrogen and oxygen atoms in total. The second kappa shape index (κ2) is 8.66. The fraction of sp³-hybridized carbons (Fsp3) is 0.556. The molecule has 0 bridgehead atoms. The van der Waals surface area contributed by atoms with Crippen molar-refractivity contribution in [3.8, 4) is 0 Å². The van der Waals surface area contributed by atoms with Crippen LogP contribution in [0.5, 0.6) is 0 Å². The van der Waals surface area contributed by atoms with E-state index >= 15 is 0 Å². The number of allylic oxidation sites excluding steroid dienone is 1. The molecule has 0 unspecified atom stereocenters. The molecule has 0 aromatic carbocycles. The minimum Gasteiger partial charge on any atom is -0.687 e. The number of nitrogens with one attached hydrogen (secondary N) is 1. The van der Waals surface area contributed by atoms with Gasteiger partial charge in [-0.1, -0.05) is 46.5 Å². The molecule has 0 fully saturated rings. The van der Waals surface area contributed by atoms with E-state index in [0.717, 1.165) is 11.3 Å².